The number of nitrogens with one attached hydrogen (secondary N) is 1. The number of anilines is 1. The lowest BCUT2D eigenvalue weighted by atomic mass is 10.1. The fourth-order valence-corrected chi connectivity index (χ4v) is 2.97. The molecule has 3 rings (SSSR count). The maximum absolute atomic E-state index is 12.7. The van der Waals surface area contributed by atoms with Gasteiger partial charge in [-0.1, -0.05) is 29.8 Å². The van der Waals surface area contributed by atoms with Crippen molar-refractivity contribution in [2.45, 2.75) is 19.4 Å². The molecule has 0 saturated carbocycles. The van der Waals surface area contributed by atoms with Crippen molar-refractivity contribution < 1.29 is 9.90 Å². The third-order valence-corrected chi connectivity index (χ3v) is 4.42. The molecule has 0 atom stereocenters. The van der Waals surface area contributed by atoms with Crippen LogP contribution in [0.5, 0.6) is 0 Å². The number of aliphatic hydroxyl groups excluding tert-OH is 1. The molecule has 2 aromatic carbocycles. The molecule has 0 bridgehead atoms. The molecule has 3 aromatic rings. The van der Waals surface area contributed by atoms with Crippen molar-refractivity contribution in [2.24, 2.45) is 0 Å². The van der Waals surface area contributed by atoms with Gasteiger partial charge in [0.05, 0.1) is 17.2 Å². The first-order valence-electron chi connectivity index (χ1n) is 8.22. The van der Waals surface area contributed by atoms with Gasteiger partial charge in [-0.2, -0.15) is 0 Å². The SMILES string of the molecule is O=C(CO)Nc1ccc2ncn(CCCc3ccccc3Cl)c(=O)c2c1. The highest BCUT2D eigenvalue weighted by atomic mass is 35.5. The summed E-state index contributed by atoms with van der Waals surface area (Å²) >= 11 is 6.15. The van der Waals surface area contributed by atoms with E-state index in [-0.39, 0.29) is 5.56 Å². The van der Waals surface area contributed by atoms with Crippen LogP contribution in [0.15, 0.2) is 53.6 Å². The van der Waals surface area contributed by atoms with Crippen LogP contribution in [0.3, 0.4) is 0 Å². The third-order valence-electron chi connectivity index (χ3n) is 4.05. The van der Waals surface area contributed by atoms with Crippen LogP contribution in [0.4, 0.5) is 5.69 Å². The second kappa shape index (κ2) is 8.12. The Kier molecular flexibility index (Phi) is 5.65. The first-order valence-corrected chi connectivity index (χ1v) is 8.59. The molecular weight excluding hydrogens is 354 g/mol. The summed E-state index contributed by atoms with van der Waals surface area (Å²) in [6, 6.07) is 12.5. The number of fused-ring (bicyclic) bond motifs is 1. The Morgan fingerprint density at radius 3 is 2.81 bits per heavy atom. The minimum atomic E-state index is -0.614. The van der Waals surface area contributed by atoms with Gasteiger partial charge in [0.15, 0.2) is 0 Å². The van der Waals surface area contributed by atoms with Gasteiger partial charge in [-0.3, -0.25) is 14.2 Å². The first kappa shape index (κ1) is 18.1. The molecule has 1 amide bonds. The number of rotatable bonds is 6. The smallest absolute Gasteiger partial charge is 0.261 e. The van der Waals surface area contributed by atoms with E-state index in [1.54, 1.807) is 22.8 Å². The molecular formula is C19H18ClN3O3. The van der Waals surface area contributed by atoms with E-state index in [9.17, 15) is 9.59 Å². The third kappa shape index (κ3) is 4.09. The van der Waals surface area contributed by atoms with Crippen LogP contribution in [0, 0.1) is 0 Å². The molecule has 1 heterocycles. The Hall–Kier alpha value is -2.70. The molecule has 0 aliphatic heterocycles. The normalized spacial score (nSPS) is 10.8. The predicted octanol–water partition coefficient (Wildman–Crippen LogP) is 2.61. The highest BCUT2D eigenvalue weighted by molar-refractivity contribution is 6.31. The molecule has 1 aromatic heterocycles. The zero-order valence-corrected chi connectivity index (χ0v) is 14.7. The van der Waals surface area contributed by atoms with Crippen molar-refractivity contribution in [3.8, 4) is 0 Å². The number of benzene rings is 2. The summed E-state index contributed by atoms with van der Waals surface area (Å²) in [6.45, 7) is -0.0996. The summed E-state index contributed by atoms with van der Waals surface area (Å²) in [5, 5.41) is 12.5. The molecule has 7 heteroatoms. The molecule has 134 valence electrons. The van der Waals surface area contributed by atoms with E-state index in [0.717, 1.165) is 23.4 Å². The quantitative estimate of drug-likeness (QED) is 0.697. The lowest BCUT2D eigenvalue weighted by molar-refractivity contribution is -0.118. The number of nitrogens with zero attached hydrogens (tertiary/aromatic N) is 2. The van der Waals surface area contributed by atoms with Gasteiger partial charge in [-0.05, 0) is 42.7 Å². The lowest BCUT2D eigenvalue weighted by Gasteiger charge is -2.09. The van der Waals surface area contributed by atoms with Crippen LogP contribution < -0.4 is 10.9 Å². The Morgan fingerprint density at radius 2 is 2.04 bits per heavy atom. The number of aromatic nitrogens is 2. The fourth-order valence-electron chi connectivity index (χ4n) is 2.74. The number of aryl methyl sites for hydroxylation is 2. The van der Waals surface area contributed by atoms with Crippen molar-refractivity contribution in [1.82, 2.24) is 9.55 Å². The Labute approximate surface area is 155 Å². The largest absolute Gasteiger partial charge is 0.387 e. The Morgan fingerprint density at radius 1 is 1.23 bits per heavy atom. The summed E-state index contributed by atoms with van der Waals surface area (Å²) in [7, 11) is 0. The topological polar surface area (TPSA) is 84.2 Å². The van der Waals surface area contributed by atoms with Gasteiger partial charge < -0.3 is 10.4 Å². The molecule has 0 fully saturated rings. The highest BCUT2D eigenvalue weighted by Crippen LogP contribution is 2.17. The maximum atomic E-state index is 12.7. The van der Waals surface area contributed by atoms with E-state index in [2.05, 4.69) is 10.3 Å². The standard InChI is InChI=1S/C19H18ClN3O3/c20-16-6-2-1-4-13(16)5-3-9-23-12-21-17-8-7-14(22-18(25)11-24)10-15(17)19(23)26/h1-2,4,6-8,10,12,24H,3,5,9,11H2,(H,22,25). The first-order chi connectivity index (χ1) is 12.6. The Bertz CT molecular complexity index is 1000. The van der Waals surface area contributed by atoms with Crippen molar-refractivity contribution in [1.29, 1.82) is 0 Å². The molecule has 0 unspecified atom stereocenters. The summed E-state index contributed by atoms with van der Waals surface area (Å²) in [6.07, 6.45) is 3.04. The van der Waals surface area contributed by atoms with Gasteiger partial charge in [-0.25, -0.2) is 4.98 Å². The van der Waals surface area contributed by atoms with Crippen molar-refractivity contribution >= 4 is 34.1 Å². The summed E-state index contributed by atoms with van der Waals surface area (Å²) in [5.41, 5.74) is 1.88. The second-order valence-electron chi connectivity index (χ2n) is 5.88. The Balaban J connectivity index is 1.78. The van der Waals surface area contributed by atoms with Gasteiger partial charge in [0, 0.05) is 17.3 Å². The number of amides is 1. The predicted molar refractivity (Wildman–Crippen MR) is 101 cm³/mol. The van der Waals surface area contributed by atoms with E-state index in [0.29, 0.717) is 23.1 Å². The molecule has 0 spiro atoms. The summed E-state index contributed by atoms with van der Waals surface area (Å²) in [5.74, 6) is -0.534. The van der Waals surface area contributed by atoms with Gasteiger partial charge in [-0.15, -0.1) is 0 Å². The maximum Gasteiger partial charge on any atom is 0.261 e. The fraction of sp³-hybridized carbons (Fsp3) is 0.211. The monoisotopic (exact) mass is 371 g/mol. The minimum absolute atomic E-state index is 0.172. The molecule has 0 aliphatic rings. The number of hydrogen-bond acceptors (Lipinski definition) is 4. The van der Waals surface area contributed by atoms with Crippen LogP contribution in [0.2, 0.25) is 5.02 Å². The second-order valence-corrected chi connectivity index (χ2v) is 6.28. The average Bonchev–Trinajstić information content (AvgIpc) is 2.65. The molecule has 2 N–H and O–H groups in total. The average molecular weight is 372 g/mol. The molecule has 26 heavy (non-hydrogen) atoms. The van der Waals surface area contributed by atoms with Gasteiger partial charge >= 0.3 is 0 Å². The van der Waals surface area contributed by atoms with E-state index in [4.69, 9.17) is 16.7 Å². The highest BCUT2D eigenvalue weighted by Gasteiger charge is 2.07. The summed E-state index contributed by atoms with van der Waals surface area (Å²) in [4.78, 5) is 28.3. The van der Waals surface area contributed by atoms with Crippen LogP contribution >= 0.6 is 11.6 Å². The number of halogens is 1. The minimum Gasteiger partial charge on any atom is -0.387 e. The molecule has 0 saturated heterocycles. The van der Waals surface area contributed by atoms with Gasteiger partial charge in [0.25, 0.3) is 5.56 Å². The number of carbonyl (C=O) groups is 1. The van der Waals surface area contributed by atoms with Crippen LogP contribution in [-0.4, -0.2) is 27.2 Å². The van der Waals surface area contributed by atoms with Crippen molar-refractivity contribution in [3.63, 3.8) is 0 Å². The molecule has 0 aliphatic carbocycles. The number of aliphatic hydroxyl groups is 1. The van der Waals surface area contributed by atoms with E-state index < -0.39 is 12.5 Å². The molecule has 0 radical (unpaired) electrons. The number of carbonyl (C=O) groups excluding carboxylic acids is 1. The zero-order valence-electron chi connectivity index (χ0n) is 14.0. The summed E-state index contributed by atoms with van der Waals surface area (Å²) < 4.78 is 1.55. The van der Waals surface area contributed by atoms with E-state index in [1.807, 2.05) is 24.3 Å². The van der Waals surface area contributed by atoms with Crippen LogP contribution in [0.25, 0.3) is 10.9 Å². The van der Waals surface area contributed by atoms with E-state index >= 15 is 0 Å². The zero-order chi connectivity index (χ0) is 18.5. The van der Waals surface area contributed by atoms with Gasteiger partial charge in [0.1, 0.15) is 6.61 Å². The van der Waals surface area contributed by atoms with Crippen LogP contribution in [0.1, 0.15) is 12.0 Å². The lowest BCUT2D eigenvalue weighted by Crippen LogP contribution is -2.21. The van der Waals surface area contributed by atoms with Crippen molar-refractivity contribution in [2.75, 3.05) is 11.9 Å². The van der Waals surface area contributed by atoms with E-state index in [1.165, 1.54) is 6.33 Å². The van der Waals surface area contributed by atoms with Crippen molar-refractivity contribution in [3.05, 3.63) is 69.7 Å². The molecule has 6 nitrogen and oxygen atoms in total. The van der Waals surface area contributed by atoms with Crippen LogP contribution in [-0.2, 0) is 17.8 Å². The van der Waals surface area contributed by atoms with Gasteiger partial charge in [0.2, 0.25) is 5.91 Å². The number of hydrogen-bond donors (Lipinski definition) is 2.